The topological polar surface area (TPSA) is 16.4 Å². The first-order valence-corrected chi connectivity index (χ1v) is 16.8. The van der Waals surface area contributed by atoms with Gasteiger partial charge in [-0.15, -0.1) is 0 Å². The molecule has 226 valence electrons. The molecular weight excluding hydrogens is 571 g/mol. The Morgan fingerprint density at radius 1 is 0.553 bits per heavy atom. The number of furan rings is 1. The van der Waals surface area contributed by atoms with E-state index in [0.29, 0.717) is 0 Å². The average Bonchev–Trinajstić information content (AvgIpc) is 3.35. The van der Waals surface area contributed by atoms with E-state index in [1.54, 1.807) is 0 Å². The summed E-state index contributed by atoms with van der Waals surface area (Å²) in [4.78, 5) is 2.39. The average molecular weight is 606 g/mol. The van der Waals surface area contributed by atoms with E-state index >= 15 is 0 Å². The number of hydrogen-bond acceptors (Lipinski definition) is 2. The van der Waals surface area contributed by atoms with Crippen molar-refractivity contribution in [1.82, 2.24) is 0 Å². The monoisotopic (exact) mass is 605 g/mol. The Balaban J connectivity index is 1.06. The number of allylic oxidation sites excluding steroid dienone is 4. The van der Waals surface area contributed by atoms with Gasteiger partial charge in [-0.3, -0.25) is 0 Å². The van der Waals surface area contributed by atoms with Crippen molar-refractivity contribution >= 4 is 50.2 Å². The van der Waals surface area contributed by atoms with E-state index < -0.39 is 0 Å². The molecule has 47 heavy (non-hydrogen) atoms. The Labute approximate surface area is 275 Å². The number of hydrogen-bond donors (Lipinski definition) is 0. The highest BCUT2D eigenvalue weighted by Crippen LogP contribution is 2.39. The van der Waals surface area contributed by atoms with Crippen molar-refractivity contribution in [3.63, 3.8) is 0 Å². The molecule has 2 nitrogen and oxygen atoms in total. The molecule has 0 bridgehead atoms. The van der Waals surface area contributed by atoms with Crippen LogP contribution < -0.4 is 4.90 Å². The van der Waals surface area contributed by atoms with Gasteiger partial charge in [-0.25, -0.2) is 0 Å². The lowest BCUT2D eigenvalue weighted by atomic mass is 9.93. The fourth-order valence-corrected chi connectivity index (χ4v) is 7.46. The fourth-order valence-electron chi connectivity index (χ4n) is 7.46. The molecule has 0 atom stereocenters. The highest BCUT2D eigenvalue weighted by Gasteiger charge is 2.17. The Kier molecular flexibility index (Phi) is 6.86. The van der Waals surface area contributed by atoms with Crippen molar-refractivity contribution in [3.8, 4) is 22.3 Å². The van der Waals surface area contributed by atoms with Crippen molar-refractivity contribution in [2.45, 2.75) is 32.1 Å². The summed E-state index contributed by atoms with van der Waals surface area (Å²) in [7, 11) is 0. The van der Waals surface area contributed by atoms with Crippen LogP contribution in [0.3, 0.4) is 0 Å². The highest BCUT2D eigenvalue weighted by molar-refractivity contribution is 6.19. The van der Waals surface area contributed by atoms with Gasteiger partial charge in [-0.2, -0.15) is 0 Å². The van der Waals surface area contributed by atoms with Crippen LogP contribution in [0.2, 0.25) is 0 Å². The Morgan fingerprint density at radius 3 is 2.17 bits per heavy atom. The molecule has 2 aliphatic carbocycles. The molecule has 9 rings (SSSR count). The lowest BCUT2D eigenvalue weighted by molar-refractivity contribution is 0.669. The van der Waals surface area contributed by atoms with Gasteiger partial charge in [0.05, 0.1) is 0 Å². The van der Waals surface area contributed by atoms with E-state index in [-0.39, 0.29) is 0 Å². The Morgan fingerprint density at radius 2 is 1.34 bits per heavy atom. The van der Waals surface area contributed by atoms with Crippen LogP contribution in [-0.4, -0.2) is 0 Å². The standard InChI is InChI=1S/C45H35NO/c1-3-10-32-11-9-16-40(39(32)14-6-1)33-20-26-38(27-21-33)46(36-12-4-2-5-13-36)37-24-18-31(19-25-37)34-22-28-41-35(30-34)23-29-44-45(41)42-15-7-8-17-43(42)47-44/h3-4,7-13,15-30H,1-2,5-6,14H2. The Hall–Kier alpha value is -5.60. The first-order valence-electron chi connectivity index (χ1n) is 16.8. The molecule has 0 saturated carbocycles. The lowest BCUT2D eigenvalue weighted by Gasteiger charge is -2.28. The SMILES string of the molecule is C1=CC(N(c2ccc(-c3ccc4c(ccc5oc6ccccc6c54)c3)cc2)c2ccc(-c3cccc4c3CCCC=C4)cc2)=CCC1. The molecule has 0 unspecified atom stereocenters. The zero-order chi connectivity index (χ0) is 31.2. The third-order valence-electron chi connectivity index (χ3n) is 9.79. The van der Waals surface area contributed by atoms with Crippen LogP contribution in [0, 0.1) is 0 Å². The zero-order valence-corrected chi connectivity index (χ0v) is 26.3. The van der Waals surface area contributed by atoms with Crippen molar-refractivity contribution in [2.24, 2.45) is 0 Å². The third kappa shape index (κ3) is 4.98. The van der Waals surface area contributed by atoms with Crippen molar-refractivity contribution in [1.29, 1.82) is 0 Å². The maximum absolute atomic E-state index is 6.14. The predicted octanol–water partition coefficient (Wildman–Crippen LogP) is 12.8. The summed E-state index contributed by atoms with van der Waals surface area (Å²) in [5, 5.41) is 4.80. The molecule has 2 heteroatoms. The van der Waals surface area contributed by atoms with Crippen LogP contribution in [0.15, 0.2) is 156 Å². The van der Waals surface area contributed by atoms with Crippen LogP contribution in [-0.2, 0) is 6.42 Å². The van der Waals surface area contributed by atoms with Crippen LogP contribution in [0.5, 0.6) is 0 Å². The third-order valence-corrected chi connectivity index (χ3v) is 9.79. The summed E-state index contributed by atoms with van der Waals surface area (Å²) in [6.07, 6.45) is 17.1. The van der Waals surface area contributed by atoms with Gasteiger partial charge in [0.1, 0.15) is 11.2 Å². The first kappa shape index (κ1) is 27.7. The van der Waals surface area contributed by atoms with Gasteiger partial charge >= 0.3 is 0 Å². The molecule has 0 radical (unpaired) electrons. The van der Waals surface area contributed by atoms with E-state index in [4.69, 9.17) is 4.42 Å². The molecule has 6 aromatic carbocycles. The van der Waals surface area contributed by atoms with Gasteiger partial charge in [0, 0.05) is 27.8 Å². The van der Waals surface area contributed by atoms with Crippen LogP contribution in [0.1, 0.15) is 36.8 Å². The molecule has 0 N–H and O–H groups in total. The summed E-state index contributed by atoms with van der Waals surface area (Å²) < 4.78 is 6.14. The van der Waals surface area contributed by atoms with Gasteiger partial charge in [0.25, 0.3) is 0 Å². The van der Waals surface area contributed by atoms with Crippen molar-refractivity contribution in [2.75, 3.05) is 4.90 Å². The molecule has 0 saturated heterocycles. The molecule has 1 heterocycles. The number of benzene rings is 6. The Bertz CT molecular complexity index is 2370. The minimum atomic E-state index is 0.934. The summed E-state index contributed by atoms with van der Waals surface area (Å²) in [5.41, 5.74) is 13.3. The molecule has 2 aliphatic rings. The van der Waals surface area contributed by atoms with Gasteiger partial charge in [0.15, 0.2) is 0 Å². The van der Waals surface area contributed by atoms with E-state index in [1.165, 1.54) is 72.7 Å². The second-order valence-corrected chi connectivity index (χ2v) is 12.7. The molecule has 1 aromatic heterocycles. The van der Waals surface area contributed by atoms with Crippen LogP contribution in [0.25, 0.3) is 61.0 Å². The smallest absolute Gasteiger partial charge is 0.136 e. The van der Waals surface area contributed by atoms with Crippen molar-refractivity contribution in [3.05, 3.63) is 162 Å². The molecule has 7 aromatic rings. The van der Waals surface area contributed by atoms with Crippen LogP contribution >= 0.6 is 0 Å². The maximum Gasteiger partial charge on any atom is 0.136 e. The quantitative estimate of drug-likeness (QED) is 0.194. The van der Waals surface area contributed by atoms with Gasteiger partial charge in [-0.05, 0) is 125 Å². The van der Waals surface area contributed by atoms with E-state index in [0.717, 1.165) is 42.5 Å². The number of nitrogens with zero attached hydrogens (tertiary/aromatic N) is 1. The van der Waals surface area contributed by atoms with Crippen molar-refractivity contribution < 1.29 is 4.42 Å². The summed E-state index contributed by atoms with van der Waals surface area (Å²) in [6, 6.07) is 44.3. The summed E-state index contributed by atoms with van der Waals surface area (Å²) >= 11 is 0. The largest absolute Gasteiger partial charge is 0.456 e. The molecule has 0 amide bonds. The van der Waals surface area contributed by atoms with E-state index in [2.05, 4.69) is 144 Å². The first-order chi connectivity index (χ1) is 23.3. The summed E-state index contributed by atoms with van der Waals surface area (Å²) in [5.74, 6) is 0. The minimum absolute atomic E-state index is 0.934. The van der Waals surface area contributed by atoms with Crippen LogP contribution in [0.4, 0.5) is 11.4 Å². The van der Waals surface area contributed by atoms with Gasteiger partial charge < -0.3 is 9.32 Å². The second kappa shape index (κ2) is 11.6. The summed E-state index contributed by atoms with van der Waals surface area (Å²) in [6.45, 7) is 0. The fraction of sp³-hybridized carbons (Fsp3) is 0.111. The zero-order valence-electron chi connectivity index (χ0n) is 26.3. The number of anilines is 2. The normalized spacial score (nSPS) is 14.3. The van der Waals surface area contributed by atoms with E-state index in [1.807, 2.05) is 12.1 Å². The number of para-hydroxylation sites is 1. The number of rotatable bonds is 5. The predicted molar refractivity (Wildman–Crippen MR) is 199 cm³/mol. The highest BCUT2D eigenvalue weighted by atomic mass is 16.3. The second-order valence-electron chi connectivity index (χ2n) is 12.7. The van der Waals surface area contributed by atoms with Gasteiger partial charge in [0.2, 0.25) is 0 Å². The lowest BCUT2D eigenvalue weighted by Crippen LogP contribution is -2.16. The molecule has 0 spiro atoms. The minimum Gasteiger partial charge on any atom is -0.456 e. The maximum atomic E-state index is 6.14. The van der Waals surface area contributed by atoms with Gasteiger partial charge in [-0.1, -0.05) is 103 Å². The number of fused-ring (bicyclic) bond motifs is 6. The molecule has 0 fully saturated rings. The molecule has 0 aliphatic heterocycles. The van der Waals surface area contributed by atoms with E-state index in [9.17, 15) is 0 Å². The molecular formula is C45H35NO.